The highest BCUT2D eigenvalue weighted by Crippen LogP contribution is 2.65. The highest BCUT2D eigenvalue weighted by Gasteiger charge is 2.61. The molecule has 0 spiro atoms. The number of nitrogens with one attached hydrogen (secondary N) is 1. The fourth-order valence-electron chi connectivity index (χ4n) is 8.96. The second kappa shape index (κ2) is 7.60. The minimum atomic E-state index is -0.184. The quantitative estimate of drug-likeness (QED) is 0.621. The molecule has 0 aromatic rings. The average molecular weight is 443 g/mol. The topological polar surface area (TPSA) is 49.4 Å². The van der Waals surface area contributed by atoms with Crippen molar-refractivity contribution in [1.82, 2.24) is 10.2 Å². The van der Waals surface area contributed by atoms with Gasteiger partial charge in [-0.3, -0.25) is 9.59 Å². The van der Waals surface area contributed by atoms with Crippen molar-refractivity contribution in [2.24, 2.45) is 39.9 Å². The van der Waals surface area contributed by atoms with Crippen LogP contribution in [0.3, 0.4) is 0 Å². The summed E-state index contributed by atoms with van der Waals surface area (Å²) in [5.41, 5.74) is 0.179. The smallest absolute Gasteiger partial charge is 0.246 e. The predicted molar refractivity (Wildman–Crippen MR) is 130 cm³/mol. The molecule has 3 saturated carbocycles. The van der Waals surface area contributed by atoms with Gasteiger partial charge in [-0.1, -0.05) is 40.7 Å². The van der Waals surface area contributed by atoms with Gasteiger partial charge in [-0.25, -0.2) is 0 Å². The summed E-state index contributed by atoms with van der Waals surface area (Å²) in [6.45, 7) is 15.9. The molecule has 1 unspecified atom stereocenters. The zero-order chi connectivity index (χ0) is 23.7. The van der Waals surface area contributed by atoms with Crippen molar-refractivity contribution in [3.05, 3.63) is 12.2 Å². The van der Waals surface area contributed by atoms with Crippen LogP contribution in [-0.4, -0.2) is 35.3 Å². The van der Waals surface area contributed by atoms with Gasteiger partial charge in [0.1, 0.15) is 0 Å². The Labute approximate surface area is 196 Å². The maximum Gasteiger partial charge on any atom is 0.246 e. The standard InChI is InChI=1S/C28H46N2O2/c1-25(2,3)17-26(4,5)29-24(32)21-11-10-19-18-9-12-22-28(7,16-14-23(31)30(22)8)20(18)13-15-27(19,21)6/h14,16,18-22H,9-13,15,17H2,1-8H3,(H,29,32)/t18-,19-,20-,21+,22?,27-,28+/m0/s1. The van der Waals surface area contributed by atoms with Gasteiger partial charge in [0.05, 0.1) is 0 Å². The van der Waals surface area contributed by atoms with Gasteiger partial charge in [0, 0.05) is 30.0 Å². The molecule has 0 aromatic carbocycles. The van der Waals surface area contributed by atoms with Crippen molar-refractivity contribution in [2.45, 2.75) is 105 Å². The highest BCUT2D eigenvalue weighted by atomic mass is 16.2. The minimum absolute atomic E-state index is 0.0714. The van der Waals surface area contributed by atoms with Crippen LogP contribution in [0.15, 0.2) is 12.2 Å². The van der Waals surface area contributed by atoms with E-state index >= 15 is 0 Å². The Hall–Kier alpha value is -1.32. The molecule has 180 valence electrons. The van der Waals surface area contributed by atoms with Crippen LogP contribution in [0.2, 0.25) is 0 Å². The molecule has 4 aliphatic rings. The van der Waals surface area contributed by atoms with Crippen molar-refractivity contribution in [1.29, 1.82) is 0 Å². The largest absolute Gasteiger partial charge is 0.351 e. The highest BCUT2D eigenvalue weighted by molar-refractivity contribution is 5.89. The van der Waals surface area contributed by atoms with Crippen molar-refractivity contribution in [3.63, 3.8) is 0 Å². The van der Waals surface area contributed by atoms with E-state index in [0.29, 0.717) is 23.8 Å². The summed E-state index contributed by atoms with van der Waals surface area (Å²) in [6.07, 6.45) is 11.8. The predicted octanol–water partition coefficient (Wildman–Crippen LogP) is 5.57. The van der Waals surface area contributed by atoms with E-state index < -0.39 is 0 Å². The molecule has 0 aromatic heterocycles. The monoisotopic (exact) mass is 442 g/mol. The Morgan fingerprint density at radius 3 is 2.41 bits per heavy atom. The number of fused-ring (bicyclic) bond motifs is 5. The number of hydrogen-bond donors (Lipinski definition) is 1. The molecule has 32 heavy (non-hydrogen) atoms. The fourth-order valence-corrected chi connectivity index (χ4v) is 8.96. The number of carbonyl (C=O) groups excluding carboxylic acids is 2. The molecule has 0 radical (unpaired) electrons. The lowest BCUT2D eigenvalue weighted by molar-refractivity contribution is -0.143. The second-order valence-electron chi connectivity index (χ2n) is 13.9. The molecular formula is C28H46N2O2. The first kappa shape index (κ1) is 23.8. The summed E-state index contributed by atoms with van der Waals surface area (Å²) in [5, 5.41) is 3.45. The molecule has 0 saturated heterocycles. The van der Waals surface area contributed by atoms with Crippen molar-refractivity contribution < 1.29 is 9.59 Å². The number of amides is 2. The van der Waals surface area contributed by atoms with Crippen LogP contribution in [0, 0.1) is 39.9 Å². The van der Waals surface area contributed by atoms with E-state index in [1.165, 1.54) is 19.3 Å². The normalized spacial score (nSPS) is 41.7. The summed E-state index contributed by atoms with van der Waals surface area (Å²) in [7, 11) is 1.98. The van der Waals surface area contributed by atoms with Crippen LogP contribution in [-0.2, 0) is 9.59 Å². The first-order valence-corrected chi connectivity index (χ1v) is 13.0. The number of carbonyl (C=O) groups is 2. The van der Waals surface area contributed by atoms with Crippen LogP contribution in [0.4, 0.5) is 0 Å². The summed E-state index contributed by atoms with van der Waals surface area (Å²) < 4.78 is 0. The van der Waals surface area contributed by atoms with Crippen LogP contribution in [0.25, 0.3) is 0 Å². The fraction of sp³-hybridized carbons (Fsp3) is 0.857. The summed E-state index contributed by atoms with van der Waals surface area (Å²) >= 11 is 0. The molecule has 1 aliphatic heterocycles. The lowest BCUT2D eigenvalue weighted by atomic mass is 9.47. The molecule has 4 nitrogen and oxygen atoms in total. The third-order valence-electron chi connectivity index (χ3n) is 9.88. The zero-order valence-electron chi connectivity index (χ0n) is 21.8. The zero-order valence-corrected chi connectivity index (χ0v) is 21.8. The van der Waals surface area contributed by atoms with Gasteiger partial charge < -0.3 is 10.2 Å². The maximum absolute atomic E-state index is 13.6. The molecule has 1 heterocycles. The van der Waals surface area contributed by atoms with E-state index in [1.807, 2.05) is 18.0 Å². The van der Waals surface area contributed by atoms with Crippen molar-refractivity contribution in [3.8, 4) is 0 Å². The first-order valence-electron chi connectivity index (χ1n) is 13.0. The number of hydrogen-bond acceptors (Lipinski definition) is 2. The van der Waals surface area contributed by atoms with Gasteiger partial charge in [-0.2, -0.15) is 0 Å². The number of nitrogens with zero attached hydrogens (tertiary/aromatic N) is 1. The SMILES string of the molecule is CN1C(=O)C=C[C@@]2(C)C1CC[C@H]1[C@@H]3CC[C@H](C(=O)NC(C)(C)CC(C)(C)C)[C@@]3(C)CC[C@@H]12. The van der Waals surface area contributed by atoms with Crippen LogP contribution >= 0.6 is 0 Å². The summed E-state index contributed by atoms with van der Waals surface area (Å²) in [4.78, 5) is 27.9. The van der Waals surface area contributed by atoms with Gasteiger partial charge in [0.25, 0.3) is 0 Å². The van der Waals surface area contributed by atoms with Gasteiger partial charge in [-0.05, 0) is 93.5 Å². The molecule has 2 amide bonds. The molecule has 3 aliphatic carbocycles. The number of likely N-dealkylation sites (N-methyl/N-ethyl adjacent to an activating group) is 1. The molecule has 3 fully saturated rings. The minimum Gasteiger partial charge on any atom is -0.351 e. The summed E-state index contributed by atoms with van der Waals surface area (Å²) in [6, 6.07) is 0.323. The molecular weight excluding hydrogens is 396 g/mol. The lowest BCUT2D eigenvalue weighted by Gasteiger charge is -2.60. The average Bonchev–Trinajstić information content (AvgIpc) is 3.00. The third-order valence-corrected chi connectivity index (χ3v) is 9.88. The molecule has 4 heteroatoms. The lowest BCUT2D eigenvalue weighted by Crippen LogP contribution is -2.60. The molecule has 1 N–H and O–H groups in total. The van der Waals surface area contributed by atoms with E-state index in [4.69, 9.17) is 0 Å². The third kappa shape index (κ3) is 3.84. The summed E-state index contributed by atoms with van der Waals surface area (Å²) in [5.74, 6) is 2.47. The first-order chi connectivity index (χ1) is 14.7. The van der Waals surface area contributed by atoms with E-state index in [-0.39, 0.29) is 39.5 Å². The van der Waals surface area contributed by atoms with E-state index in [2.05, 4.69) is 59.9 Å². The Balaban J connectivity index is 1.53. The van der Waals surface area contributed by atoms with E-state index in [0.717, 1.165) is 25.7 Å². The van der Waals surface area contributed by atoms with Crippen LogP contribution in [0.1, 0.15) is 93.4 Å². The van der Waals surface area contributed by atoms with Crippen molar-refractivity contribution in [2.75, 3.05) is 7.05 Å². The second-order valence-corrected chi connectivity index (χ2v) is 13.9. The Kier molecular flexibility index (Phi) is 5.66. The Morgan fingerprint density at radius 1 is 1.06 bits per heavy atom. The number of rotatable bonds is 3. The van der Waals surface area contributed by atoms with Gasteiger partial charge in [0.15, 0.2) is 0 Å². The van der Waals surface area contributed by atoms with Crippen LogP contribution < -0.4 is 5.32 Å². The van der Waals surface area contributed by atoms with Gasteiger partial charge in [-0.15, -0.1) is 0 Å². The molecule has 0 bridgehead atoms. The van der Waals surface area contributed by atoms with E-state index in [9.17, 15) is 9.59 Å². The van der Waals surface area contributed by atoms with E-state index in [1.54, 1.807) is 0 Å². The Morgan fingerprint density at radius 2 is 1.75 bits per heavy atom. The molecule has 4 rings (SSSR count). The van der Waals surface area contributed by atoms with Crippen LogP contribution in [0.5, 0.6) is 0 Å². The van der Waals surface area contributed by atoms with Gasteiger partial charge >= 0.3 is 0 Å². The van der Waals surface area contributed by atoms with Gasteiger partial charge in [0.2, 0.25) is 11.8 Å². The molecule has 7 atom stereocenters. The Bertz CT molecular complexity index is 809. The maximum atomic E-state index is 13.6. The van der Waals surface area contributed by atoms with Crippen molar-refractivity contribution >= 4 is 11.8 Å².